The molecule has 39 heavy (non-hydrogen) atoms. The van der Waals surface area contributed by atoms with Crippen LogP contribution in [0.15, 0.2) is 59.7 Å². The lowest BCUT2D eigenvalue weighted by Gasteiger charge is -2.43. The average Bonchev–Trinajstić information content (AvgIpc) is 3.22. The number of imidazole rings is 1. The number of aromatic hydroxyl groups is 1. The van der Waals surface area contributed by atoms with Crippen molar-refractivity contribution < 1.29 is 9.50 Å². The van der Waals surface area contributed by atoms with E-state index in [4.69, 9.17) is 11.6 Å². The first-order chi connectivity index (χ1) is 18.4. The molecule has 0 atom stereocenters. The van der Waals surface area contributed by atoms with Gasteiger partial charge in [-0.3, -0.25) is 9.47 Å². The normalized spacial score (nSPS) is 14.7. The van der Waals surface area contributed by atoms with E-state index in [2.05, 4.69) is 35.6 Å². The van der Waals surface area contributed by atoms with Crippen LogP contribution in [-0.2, 0) is 7.05 Å². The van der Waals surface area contributed by atoms with Crippen LogP contribution in [0.25, 0.3) is 28.1 Å². The van der Waals surface area contributed by atoms with E-state index in [1.807, 2.05) is 19.1 Å². The van der Waals surface area contributed by atoms with Gasteiger partial charge >= 0.3 is 5.69 Å². The second-order valence-corrected chi connectivity index (χ2v) is 11.5. The van der Waals surface area contributed by atoms with Gasteiger partial charge in [0.25, 0.3) is 0 Å². The first kappa shape index (κ1) is 27.0. The number of pyridine rings is 1. The molecule has 0 radical (unpaired) electrons. The van der Waals surface area contributed by atoms with Crippen molar-refractivity contribution in [1.29, 1.82) is 0 Å². The molecule has 0 saturated carbocycles. The third-order valence-corrected chi connectivity index (χ3v) is 7.55. The Hall–Kier alpha value is -3.62. The maximum absolute atomic E-state index is 15.2. The number of nitrogens with zero attached hydrogens (tertiary/aromatic N) is 5. The van der Waals surface area contributed by atoms with Gasteiger partial charge in [0.05, 0.1) is 5.69 Å². The highest BCUT2D eigenvalue weighted by molar-refractivity contribution is 6.31. The van der Waals surface area contributed by atoms with E-state index in [1.54, 1.807) is 31.4 Å². The molecular weight excluding hydrogens is 517 g/mol. The summed E-state index contributed by atoms with van der Waals surface area (Å²) in [7, 11) is 1.61. The van der Waals surface area contributed by atoms with Crippen LogP contribution in [0.3, 0.4) is 0 Å². The van der Waals surface area contributed by atoms with Crippen molar-refractivity contribution in [2.75, 3.05) is 31.1 Å². The molecule has 204 valence electrons. The van der Waals surface area contributed by atoms with Gasteiger partial charge in [-0.2, -0.15) is 0 Å². The molecule has 4 aromatic rings. The van der Waals surface area contributed by atoms with Gasteiger partial charge in [0.15, 0.2) is 0 Å². The minimum absolute atomic E-state index is 0.0598. The third kappa shape index (κ3) is 5.31. The molecule has 0 aliphatic carbocycles. The minimum Gasteiger partial charge on any atom is -0.505 e. The second kappa shape index (κ2) is 10.2. The Kier molecular flexibility index (Phi) is 7.03. The van der Waals surface area contributed by atoms with Crippen molar-refractivity contribution in [3.63, 3.8) is 0 Å². The molecule has 0 bridgehead atoms. The first-order valence-corrected chi connectivity index (χ1v) is 13.4. The van der Waals surface area contributed by atoms with Crippen molar-refractivity contribution >= 4 is 17.3 Å². The molecular formula is C30H33ClFN5O2. The smallest absolute Gasteiger partial charge is 0.332 e. The Balaban J connectivity index is 1.50. The fraction of sp³-hybridized carbons (Fsp3) is 0.333. The van der Waals surface area contributed by atoms with Gasteiger partial charge in [-0.15, -0.1) is 0 Å². The average molecular weight is 550 g/mol. The zero-order chi connectivity index (χ0) is 28.1. The maximum atomic E-state index is 15.2. The molecule has 1 N–H and O–H groups in total. The molecule has 1 aliphatic heterocycles. The monoisotopic (exact) mass is 549 g/mol. The predicted molar refractivity (Wildman–Crippen MR) is 155 cm³/mol. The summed E-state index contributed by atoms with van der Waals surface area (Å²) in [5.41, 5.74) is 3.55. The van der Waals surface area contributed by atoms with E-state index in [0.717, 1.165) is 31.9 Å². The van der Waals surface area contributed by atoms with Crippen LogP contribution in [0.2, 0.25) is 5.02 Å². The summed E-state index contributed by atoms with van der Waals surface area (Å²) in [6.45, 7) is 12.1. The molecule has 9 heteroatoms. The molecule has 2 aromatic heterocycles. The fourth-order valence-electron chi connectivity index (χ4n) is 5.13. The van der Waals surface area contributed by atoms with E-state index in [0.29, 0.717) is 33.1 Å². The lowest BCUT2D eigenvalue weighted by Crippen LogP contribution is -2.53. The van der Waals surface area contributed by atoms with E-state index in [1.165, 1.54) is 27.5 Å². The fourth-order valence-corrected chi connectivity index (χ4v) is 5.36. The molecule has 3 heterocycles. The van der Waals surface area contributed by atoms with Gasteiger partial charge in [0.1, 0.15) is 17.3 Å². The maximum Gasteiger partial charge on any atom is 0.332 e. The van der Waals surface area contributed by atoms with Crippen LogP contribution in [0.1, 0.15) is 26.5 Å². The van der Waals surface area contributed by atoms with E-state index >= 15 is 4.39 Å². The molecule has 0 spiro atoms. The minimum atomic E-state index is -0.573. The Morgan fingerprint density at radius 1 is 0.974 bits per heavy atom. The first-order valence-electron chi connectivity index (χ1n) is 13.0. The van der Waals surface area contributed by atoms with Crippen LogP contribution >= 0.6 is 11.6 Å². The molecule has 1 aliphatic rings. The van der Waals surface area contributed by atoms with E-state index in [9.17, 15) is 9.90 Å². The highest BCUT2D eigenvalue weighted by Gasteiger charge is 2.26. The lowest BCUT2D eigenvalue weighted by atomic mass is 9.99. The highest BCUT2D eigenvalue weighted by atomic mass is 35.5. The number of hydrogen-bond acceptors (Lipinski definition) is 5. The summed E-state index contributed by atoms with van der Waals surface area (Å²) in [5.74, 6) is -0.633. The van der Waals surface area contributed by atoms with Crippen LogP contribution in [0.5, 0.6) is 5.75 Å². The van der Waals surface area contributed by atoms with Gasteiger partial charge in [-0.05, 0) is 69.7 Å². The zero-order valence-corrected chi connectivity index (χ0v) is 23.6. The van der Waals surface area contributed by atoms with E-state index < -0.39 is 5.82 Å². The number of rotatable bonds is 4. The number of halogens is 2. The third-order valence-electron chi connectivity index (χ3n) is 7.34. The Bertz CT molecular complexity index is 1600. The number of benzene rings is 2. The van der Waals surface area contributed by atoms with Gasteiger partial charge < -0.3 is 14.6 Å². The zero-order valence-electron chi connectivity index (χ0n) is 22.9. The Morgan fingerprint density at radius 2 is 1.69 bits per heavy atom. The van der Waals surface area contributed by atoms with Gasteiger partial charge in [-0.25, -0.2) is 14.2 Å². The second-order valence-electron chi connectivity index (χ2n) is 11.1. The van der Waals surface area contributed by atoms with Crippen molar-refractivity contribution in [1.82, 2.24) is 19.0 Å². The summed E-state index contributed by atoms with van der Waals surface area (Å²) in [6.07, 6.45) is 3.09. The molecule has 7 nitrogen and oxygen atoms in total. The molecule has 1 fully saturated rings. The summed E-state index contributed by atoms with van der Waals surface area (Å²) in [6, 6.07) is 12.0. The van der Waals surface area contributed by atoms with Crippen molar-refractivity contribution in [2.24, 2.45) is 7.05 Å². The summed E-state index contributed by atoms with van der Waals surface area (Å²) >= 11 is 6.55. The predicted octanol–water partition coefficient (Wildman–Crippen LogP) is 5.63. The summed E-state index contributed by atoms with van der Waals surface area (Å²) in [5, 5.41) is 11.9. The largest absolute Gasteiger partial charge is 0.505 e. The Labute approximate surface area is 232 Å². The number of hydrogen-bond donors (Lipinski definition) is 1. The summed E-state index contributed by atoms with van der Waals surface area (Å²) < 4.78 is 17.8. The standard InChI is InChI=1S/C30H33ClFN5O2/c1-19-14-24(20-6-7-26(25(32)17-20)37-13-8-34(5)29(37)39)28(38)27(33-19)21-15-22(31)18-23(16-21)35-9-11-36(12-10-35)30(2,3)4/h6-8,13-18,38H,9-12H2,1-5H3. The van der Waals surface area contributed by atoms with Gasteiger partial charge in [-0.1, -0.05) is 17.7 Å². The lowest BCUT2D eigenvalue weighted by molar-refractivity contribution is 0.128. The number of aryl methyl sites for hydroxylation is 2. The quantitative estimate of drug-likeness (QED) is 0.357. The van der Waals surface area contributed by atoms with Gasteiger partial charge in [0.2, 0.25) is 0 Å². The van der Waals surface area contributed by atoms with Crippen LogP contribution < -0.4 is 10.6 Å². The van der Waals surface area contributed by atoms with Gasteiger partial charge in [0, 0.05) is 78.7 Å². The van der Waals surface area contributed by atoms with Crippen LogP contribution in [0.4, 0.5) is 10.1 Å². The molecule has 0 amide bonds. The number of piperazine rings is 1. The van der Waals surface area contributed by atoms with Crippen LogP contribution in [0, 0.1) is 12.7 Å². The molecule has 2 aromatic carbocycles. The topological polar surface area (TPSA) is 66.5 Å². The van der Waals surface area contributed by atoms with Crippen molar-refractivity contribution in [2.45, 2.75) is 33.2 Å². The van der Waals surface area contributed by atoms with Crippen LogP contribution in [-0.4, -0.2) is 55.8 Å². The van der Waals surface area contributed by atoms with E-state index in [-0.39, 0.29) is 22.7 Å². The highest BCUT2D eigenvalue weighted by Crippen LogP contribution is 2.40. The molecule has 1 saturated heterocycles. The SMILES string of the molecule is Cc1cc(-c2ccc(-n3ccn(C)c3=O)c(F)c2)c(O)c(-c2cc(Cl)cc(N3CCN(C(C)(C)C)CC3)c2)n1. The number of anilines is 1. The number of aromatic nitrogens is 3. The molecule has 0 unspecified atom stereocenters. The molecule has 5 rings (SSSR count). The Morgan fingerprint density at radius 3 is 2.31 bits per heavy atom. The summed E-state index contributed by atoms with van der Waals surface area (Å²) in [4.78, 5) is 21.7. The van der Waals surface area contributed by atoms with Crippen molar-refractivity contribution in [3.8, 4) is 33.8 Å². The van der Waals surface area contributed by atoms with Crippen molar-refractivity contribution in [3.05, 3.63) is 81.9 Å².